The van der Waals surface area contributed by atoms with E-state index in [4.69, 9.17) is 4.42 Å². The van der Waals surface area contributed by atoms with Crippen molar-refractivity contribution in [3.63, 3.8) is 0 Å². The van der Waals surface area contributed by atoms with Crippen molar-refractivity contribution in [2.45, 2.75) is 19.9 Å². The van der Waals surface area contributed by atoms with Crippen LogP contribution >= 0.6 is 11.3 Å². The van der Waals surface area contributed by atoms with E-state index in [9.17, 15) is 14.7 Å². The maximum atomic E-state index is 13.9. The number of furan rings is 1. The molecule has 2 aromatic heterocycles. The van der Waals surface area contributed by atoms with Gasteiger partial charge in [0.25, 0.3) is 5.91 Å². The molecule has 1 unspecified atom stereocenters. The number of aromatic nitrogens is 1. The van der Waals surface area contributed by atoms with Gasteiger partial charge < -0.3 is 14.4 Å². The molecule has 1 aliphatic rings. The molecule has 0 radical (unpaired) electrons. The Morgan fingerprint density at radius 2 is 1.72 bits per heavy atom. The van der Waals surface area contributed by atoms with Gasteiger partial charge in [-0.1, -0.05) is 30.3 Å². The van der Waals surface area contributed by atoms with Gasteiger partial charge in [0.05, 0.1) is 16.1 Å². The van der Waals surface area contributed by atoms with E-state index in [1.54, 1.807) is 38.1 Å². The molecule has 4 aromatic rings. The number of carbonyl (C=O) groups is 2. The van der Waals surface area contributed by atoms with Gasteiger partial charge in [-0.2, -0.15) is 0 Å². The largest absolute Gasteiger partial charge is 0.503 e. The summed E-state index contributed by atoms with van der Waals surface area (Å²) in [6, 6.07) is 19.5. The Kier molecular flexibility index (Phi) is 5.97. The number of amides is 1. The van der Waals surface area contributed by atoms with Crippen molar-refractivity contribution in [2.75, 3.05) is 23.9 Å². The monoisotopic (exact) mass is 499 g/mol. The van der Waals surface area contributed by atoms with Crippen LogP contribution in [0.25, 0.3) is 10.6 Å². The highest BCUT2D eigenvalue weighted by molar-refractivity contribution is 7.17. The molecular formula is C28H25N3O4S. The predicted octanol–water partition coefficient (Wildman–Crippen LogP) is 5.87. The van der Waals surface area contributed by atoms with Crippen molar-refractivity contribution in [2.24, 2.45) is 0 Å². The smallest absolute Gasteiger partial charge is 0.294 e. The summed E-state index contributed by atoms with van der Waals surface area (Å²) < 4.78 is 5.89. The molecule has 7 nitrogen and oxygen atoms in total. The molecule has 1 atom stereocenters. The molecule has 5 rings (SSSR count). The van der Waals surface area contributed by atoms with Crippen molar-refractivity contribution >= 4 is 34.4 Å². The minimum Gasteiger partial charge on any atom is -0.503 e. The molecule has 1 amide bonds. The quantitative estimate of drug-likeness (QED) is 0.334. The third-order valence-electron chi connectivity index (χ3n) is 6.15. The van der Waals surface area contributed by atoms with Crippen molar-refractivity contribution in [3.8, 4) is 10.6 Å². The second-order valence-electron chi connectivity index (χ2n) is 8.83. The van der Waals surface area contributed by atoms with Crippen LogP contribution in [0, 0.1) is 13.8 Å². The first-order chi connectivity index (χ1) is 17.3. The van der Waals surface area contributed by atoms with Crippen LogP contribution in [0.1, 0.15) is 32.9 Å². The van der Waals surface area contributed by atoms with Crippen LogP contribution < -0.4 is 9.80 Å². The van der Waals surface area contributed by atoms with Gasteiger partial charge in [0.2, 0.25) is 5.78 Å². The number of anilines is 2. The van der Waals surface area contributed by atoms with Gasteiger partial charge in [-0.3, -0.25) is 14.5 Å². The number of aryl methyl sites for hydroxylation is 2. The maximum Gasteiger partial charge on any atom is 0.294 e. The minimum atomic E-state index is -0.911. The number of carbonyl (C=O) groups excluding carboxylic acids is 2. The highest BCUT2D eigenvalue weighted by Gasteiger charge is 2.46. The van der Waals surface area contributed by atoms with Crippen molar-refractivity contribution in [1.29, 1.82) is 0 Å². The molecular weight excluding hydrogens is 474 g/mol. The average Bonchev–Trinajstić information content (AvgIpc) is 3.55. The zero-order valence-corrected chi connectivity index (χ0v) is 21.2. The van der Waals surface area contributed by atoms with Gasteiger partial charge in [-0.25, -0.2) is 4.98 Å². The Labute approximate surface area is 212 Å². The van der Waals surface area contributed by atoms with E-state index in [0.717, 1.165) is 11.3 Å². The van der Waals surface area contributed by atoms with Crippen LogP contribution in [0.15, 0.2) is 82.5 Å². The second kappa shape index (κ2) is 9.13. The Morgan fingerprint density at radius 3 is 2.33 bits per heavy atom. The van der Waals surface area contributed by atoms with Crippen LogP contribution in [0.3, 0.4) is 0 Å². The van der Waals surface area contributed by atoms with E-state index in [1.165, 1.54) is 16.2 Å². The van der Waals surface area contributed by atoms with Gasteiger partial charge in [0, 0.05) is 31.0 Å². The molecule has 36 heavy (non-hydrogen) atoms. The Bertz CT molecular complexity index is 1480. The highest BCUT2D eigenvalue weighted by atomic mass is 32.1. The SMILES string of the molecule is Cc1ccc(C2C(C(=O)c3sc(-c4ccccc4)nc3C)=C(O)C(=O)N2c2ccc(N(C)C)cc2)o1. The zero-order valence-electron chi connectivity index (χ0n) is 20.4. The number of hydrogen-bond donors (Lipinski definition) is 1. The first-order valence-electron chi connectivity index (χ1n) is 11.4. The van der Waals surface area contributed by atoms with Crippen LogP contribution in [0.2, 0.25) is 0 Å². The van der Waals surface area contributed by atoms with Crippen LogP contribution in [0.4, 0.5) is 11.4 Å². The summed E-state index contributed by atoms with van der Waals surface area (Å²) in [7, 11) is 3.85. The number of Topliss-reactive ketones (excluding diaryl/α,β-unsaturated/α-hetero) is 1. The number of ketones is 1. The predicted molar refractivity (Wildman–Crippen MR) is 141 cm³/mol. The summed E-state index contributed by atoms with van der Waals surface area (Å²) in [6.45, 7) is 3.55. The molecule has 182 valence electrons. The zero-order chi connectivity index (χ0) is 25.6. The second-order valence-corrected chi connectivity index (χ2v) is 9.83. The van der Waals surface area contributed by atoms with E-state index in [-0.39, 0.29) is 5.57 Å². The first-order valence-corrected chi connectivity index (χ1v) is 12.3. The first kappa shape index (κ1) is 23.6. The summed E-state index contributed by atoms with van der Waals surface area (Å²) in [5, 5.41) is 11.7. The van der Waals surface area contributed by atoms with E-state index in [2.05, 4.69) is 4.98 Å². The van der Waals surface area contributed by atoms with Gasteiger partial charge >= 0.3 is 0 Å². The molecule has 0 spiro atoms. The Hall–Kier alpha value is -4.17. The Balaban J connectivity index is 1.60. The standard InChI is InChI=1S/C28H25N3O4S/c1-16-10-15-21(35-16)23-22(24(32)26-17(2)29-27(36-26)18-8-6-5-7-9-18)25(33)28(34)31(23)20-13-11-19(12-14-20)30(3)4/h5-15,23,33H,1-4H3. The third-order valence-corrected chi connectivity index (χ3v) is 7.36. The molecule has 3 heterocycles. The lowest BCUT2D eigenvalue weighted by atomic mass is 9.99. The third kappa shape index (κ3) is 3.99. The van der Waals surface area contributed by atoms with E-state index >= 15 is 0 Å². The number of aliphatic hydroxyl groups is 1. The van der Waals surface area contributed by atoms with Crippen molar-refractivity contribution < 1.29 is 19.1 Å². The van der Waals surface area contributed by atoms with Crippen molar-refractivity contribution in [3.05, 3.63) is 100 Å². The van der Waals surface area contributed by atoms with Crippen LogP contribution in [-0.4, -0.2) is 35.9 Å². The summed E-state index contributed by atoms with van der Waals surface area (Å²) >= 11 is 1.24. The van der Waals surface area contributed by atoms with E-state index in [0.29, 0.717) is 32.8 Å². The minimum absolute atomic E-state index is 0.0163. The fourth-order valence-corrected chi connectivity index (χ4v) is 5.34. The van der Waals surface area contributed by atoms with Gasteiger partial charge in [-0.15, -0.1) is 11.3 Å². The summed E-state index contributed by atoms with van der Waals surface area (Å²) in [5.41, 5.74) is 2.92. The number of hydrogen-bond acceptors (Lipinski definition) is 7. The number of benzene rings is 2. The fourth-order valence-electron chi connectivity index (χ4n) is 4.32. The molecule has 0 saturated heterocycles. The molecule has 1 aliphatic heterocycles. The van der Waals surface area contributed by atoms with Crippen LogP contribution in [0.5, 0.6) is 0 Å². The molecule has 1 N–H and O–H groups in total. The lowest BCUT2D eigenvalue weighted by Crippen LogP contribution is -2.30. The topological polar surface area (TPSA) is 86.9 Å². The Morgan fingerprint density at radius 1 is 1.03 bits per heavy atom. The number of nitrogens with zero attached hydrogens (tertiary/aromatic N) is 3. The number of thiazole rings is 1. The van der Waals surface area contributed by atoms with Gasteiger partial charge in [-0.05, 0) is 50.2 Å². The number of rotatable bonds is 6. The average molecular weight is 500 g/mol. The van der Waals surface area contributed by atoms with Gasteiger partial charge in [0.1, 0.15) is 22.6 Å². The fraction of sp³-hybridized carbons (Fsp3) is 0.179. The maximum absolute atomic E-state index is 13.9. The number of aliphatic hydroxyl groups excluding tert-OH is 1. The molecule has 0 bridgehead atoms. The molecule has 2 aromatic carbocycles. The summed E-state index contributed by atoms with van der Waals surface area (Å²) in [4.78, 5) is 35.6. The van der Waals surface area contributed by atoms with E-state index in [1.807, 2.05) is 61.5 Å². The van der Waals surface area contributed by atoms with E-state index < -0.39 is 23.5 Å². The van der Waals surface area contributed by atoms with Crippen molar-refractivity contribution in [1.82, 2.24) is 4.98 Å². The summed E-state index contributed by atoms with van der Waals surface area (Å²) in [6.07, 6.45) is 0. The summed E-state index contributed by atoms with van der Waals surface area (Å²) in [5.74, 6) is -0.635. The molecule has 0 aliphatic carbocycles. The highest BCUT2D eigenvalue weighted by Crippen LogP contribution is 2.44. The molecule has 0 saturated carbocycles. The lowest BCUT2D eigenvalue weighted by molar-refractivity contribution is -0.117. The van der Waals surface area contributed by atoms with Gasteiger partial charge in [0.15, 0.2) is 5.76 Å². The molecule has 8 heteroatoms. The normalized spacial score (nSPS) is 15.6. The molecule has 0 fully saturated rings. The van der Waals surface area contributed by atoms with Crippen LogP contribution in [-0.2, 0) is 4.79 Å². The lowest BCUT2D eigenvalue weighted by Gasteiger charge is -2.25.